The van der Waals surface area contributed by atoms with Gasteiger partial charge in [-0.05, 0) is 12.0 Å². The molecule has 0 amide bonds. The minimum Gasteiger partial charge on any atom is -0.529 e. The van der Waals surface area contributed by atoms with Gasteiger partial charge in [-0.15, -0.1) is 0 Å². The predicted molar refractivity (Wildman–Crippen MR) is 49.2 cm³/mol. The fourth-order valence-electron chi connectivity index (χ4n) is 0.825. The Hall–Kier alpha value is -0.830. The first-order chi connectivity index (χ1) is 7.03. The van der Waals surface area contributed by atoms with Crippen molar-refractivity contribution in [2.45, 2.75) is 31.8 Å². The number of carbonyl (C=O) groups is 1. The minimum absolute atomic E-state index is 0.202. The van der Waals surface area contributed by atoms with Gasteiger partial charge in [0.05, 0.1) is 0 Å². The van der Waals surface area contributed by atoms with E-state index in [4.69, 9.17) is 5.11 Å². The Labute approximate surface area is 90.7 Å². The van der Waals surface area contributed by atoms with Crippen LogP contribution < -0.4 is 0 Å². The Balaban J connectivity index is 4.99. The Morgan fingerprint density at radius 1 is 1.44 bits per heavy atom. The molecule has 96 valence electrons. The molecule has 0 aromatic rings. The van der Waals surface area contributed by atoms with E-state index in [0.717, 1.165) is 0 Å². The normalized spacial score (nSPS) is 16.8. The predicted octanol–water partition coefficient (Wildman–Crippen LogP) is 1.71. The Bertz CT molecular complexity index is 351. The van der Waals surface area contributed by atoms with E-state index in [1.165, 1.54) is 13.8 Å². The van der Waals surface area contributed by atoms with Gasteiger partial charge in [0.1, 0.15) is 0 Å². The van der Waals surface area contributed by atoms with Gasteiger partial charge < -0.3 is 9.83 Å². The smallest absolute Gasteiger partial charge is 0.480 e. The van der Waals surface area contributed by atoms with Crippen molar-refractivity contribution in [3.05, 3.63) is 4.72 Å². The average molecular weight is 262 g/mol. The van der Waals surface area contributed by atoms with Crippen molar-refractivity contribution in [1.82, 2.24) is 0 Å². The van der Waals surface area contributed by atoms with E-state index in [1.807, 2.05) is 0 Å². The molecule has 9 heteroatoms. The zero-order valence-electron chi connectivity index (χ0n) is 8.52. The number of hydrogen-bond donors (Lipinski definition) is 1. The lowest BCUT2D eigenvalue weighted by Crippen LogP contribution is -2.33. The van der Waals surface area contributed by atoms with E-state index >= 15 is 0 Å². The van der Waals surface area contributed by atoms with Crippen LogP contribution in [0.5, 0.6) is 0 Å². The van der Waals surface area contributed by atoms with Gasteiger partial charge in [-0.1, -0.05) is 20.3 Å². The van der Waals surface area contributed by atoms with E-state index in [0.29, 0.717) is 0 Å². The SMILES string of the molecule is CC[C@H](C)[C@H]([N-]S(=O)(=O)C(F)(F)F)C(=O)O. The lowest BCUT2D eigenvalue weighted by atomic mass is 10.0. The maximum atomic E-state index is 11.9. The van der Waals surface area contributed by atoms with Crippen molar-refractivity contribution in [3.63, 3.8) is 0 Å². The van der Waals surface area contributed by atoms with Crippen LogP contribution in [0.15, 0.2) is 0 Å². The molecule has 16 heavy (non-hydrogen) atoms. The molecule has 0 rings (SSSR count). The van der Waals surface area contributed by atoms with Crippen molar-refractivity contribution in [2.75, 3.05) is 0 Å². The molecule has 1 N–H and O–H groups in total. The van der Waals surface area contributed by atoms with E-state index < -0.39 is 33.5 Å². The molecule has 0 fully saturated rings. The van der Waals surface area contributed by atoms with Crippen LogP contribution in [0.2, 0.25) is 0 Å². The highest BCUT2D eigenvalue weighted by Gasteiger charge is 2.40. The molecular weight excluding hydrogens is 251 g/mol. The average Bonchev–Trinajstić information content (AvgIpc) is 2.10. The number of aliphatic carboxylic acids is 1. The zero-order valence-corrected chi connectivity index (χ0v) is 9.34. The largest absolute Gasteiger partial charge is 0.529 e. The Kier molecular flexibility index (Phi) is 4.74. The fourth-order valence-corrected chi connectivity index (χ4v) is 1.54. The van der Waals surface area contributed by atoms with Crippen LogP contribution >= 0.6 is 0 Å². The van der Waals surface area contributed by atoms with Gasteiger partial charge in [0.15, 0.2) is 10.0 Å². The molecule has 0 aliphatic carbocycles. The van der Waals surface area contributed by atoms with Gasteiger partial charge in [0, 0.05) is 0 Å². The van der Waals surface area contributed by atoms with Gasteiger partial charge in [-0.25, -0.2) is 8.42 Å². The van der Waals surface area contributed by atoms with Crippen LogP contribution in [0.4, 0.5) is 13.2 Å². The van der Waals surface area contributed by atoms with Crippen LogP contribution in [0.3, 0.4) is 0 Å². The van der Waals surface area contributed by atoms with Gasteiger partial charge in [-0.2, -0.15) is 13.2 Å². The van der Waals surface area contributed by atoms with Crippen LogP contribution in [0.1, 0.15) is 20.3 Å². The lowest BCUT2D eigenvalue weighted by Gasteiger charge is -2.32. The zero-order chi connectivity index (χ0) is 13.1. The van der Waals surface area contributed by atoms with E-state index in [9.17, 15) is 26.4 Å². The molecule has 0 aliphatic heterocycles. The van der Waals surface area contributed by atoms with Crippen molar-refractivity contribution < 1.29 is 31.5 Å². The molecule has 0 aliphatic rings. The maximum Gasteiger partial charge on any atom is 0.480 e. The third kappa shape index (κ3) is 3.63. The standard InChI is InChI=1S/C7H11F3NO4S/c1-3-4(2)5(6(12)13)11-16(14,15)7(8,9)10/h4-5H,3H2,1-2H3,(H,12,13)/q-1/t4-,5-/m0/s1. The molecule has 0 saturated heterocycles. The second-order valence-electron chi connectivity index (χ2n) is 3.19. The minimum atomic E-state index is -5.75. The summed E-state index contributed by atoms with van der Waals surface area (Å²) in [5.74, 6) is -2.49. The van der Waals surface area contributed by atoms with Crippen molar-refractivity contribution in [2.24, 2.45) is 5.92 Å². The van der Waals surface area contributed by atoms with Crippen LogP contribution in [-0.2, 0) is 14.8 Å². The molecule has 0 spiro atoms. The summed E-state index contributed by atoms with van der Waals surface area (Å²) in [5, 5.41) is 8.58. The summed E-state index contributed by atoms with van der Waals surface area (Å²) < 4.78 is 59.5. The first-order valence-electron chi connectivity index (χ1n) is 4.29. The quantitative estimate of drug-likeness (QED) is 0.817. The lowest BCUT2D eigenvalue weighted by molar-refractivity contribution is -0.138. The van der Waals surface area contributed by atoms with Crippen LogP contribution in [0, 0.1) is 5.92 Å². The molecule has 0 radical (unpaired) electrons. The summed E-state index contributed by atoms with van der Waals surface area (Å²) in [6.07, 6.45) is 0.202. The van der Waals surface area contributed by atoms with Crippen molar-refractivity contribution in [3.8, 4) is 0 Å². The first-order valence-corrected chi connectivity index (χ1v) is 5.73. The van der Waals surface area contributed by atoms with Gasteiger partial charge in [0.2, 0.25) is 0 Å². The molecule has 0 aromatic carbocycles. The molecule has 0 unspecified atom stereocenters. The third-order valence-corrected chi connectivity index (χ3v) is 3.07. The second kappa shape index (κ2) is 5.00. The number of alkyl halides is 3. The summed E-state index contributed by atoms with van der Waals surface area (Å²) in [6.45, 7) is 2.84. The summed E-state index contributed by atoms with van der Waals surface area (Å²) in [7, 11) is -5.75. The molecule has 5 nitrogen and oxygen atoms in total. The summed E-state index contributed by atoms with van der Waals surface area (Å²) in [6, 6.07) is -1.91. The monoisotopic (exact) mass is 262 g/mol. The summed E-state index contributed by atoms with van der Waals surface area (Å²) in [4.78, 5) is 10.6. The van der Waals surface area contributed by atoms with E-state index in [2.05, 4.69) is 4.72 Å². The second-order valence-corrected chi connectivity index (χ2v) is 4.82. The van der Waals surface area contributed by atoms with Gasteiger partial charge >= 0.3 is 5.51 Å². The van der Waals surface area contributed by atoms with Crippen molar-refractivity contribution >= 4 is 16.0 Å². The topological polar surface area (TPSA) is 85.5 Å². The highest BCUT2D eigenvalue weighted by Crippen LogP contribution is 2.31. The number of hydrogen-bond acceptors (Lipinski definition) is 3. The first kappa shape index (κ1) is 15.2. The van der Waals surface area contributed by atoms with E-state index in [-0.39, 0.29) is 6.42 Å². The number of nitrogens with zero attached hydrogens (tertiary/aromatic N) is 1. The Morgan fingerprint density at radius 3 is 2.12 bits per heavy atom. The highest BCUT2D eigenvalue weighted by molar-refractivity contribution is 7.94. The molecule has 0 bridgehead atoms. The fraction of sp³-hybridized carbons (Fsp3) is 0.857. The molecule has 0 heterocycles. The van der Waals surface area contributed by atoms with Gasteiger partial charge in [-0.3, -0.25) is 4.79 Å². The van der Waals surface area contributed by atoms with E-state index in [1.54, 1.807) is 0 Å². The number of sulfonamides is 1. The number of rotatable bonds is 5. The highest BCUT2D eigenvalue weighted by atomic mass is 32.2. The summed E-state index contributed by atoms with van der Waals surface area (Å²) >= 11 is 0. The van der Waals surface area contributed by atoms with Gasteiger partial charge in [0.25, 0.3) is 5.97 Å². The van der Waals surface area contributed by atoms with Crippen molar-refractivity contribution in [1.29, 1.82) is 0 Å². The number of carboxylic acids is 1. The van der Waals surface area contributed by atoms with Crippen LogP contribution in [-0.4, -0.2) is 31.0 Å². The third-order valence-electron chi connectivity index (χ3n) is 1.98. The summed E-state index contributed by atoms with van der Waals surface area (Å²) in [5.41, 5.74) is -5.56. The molecular formula is C7H11F3NO4S-. The van der Waals surface area contributed by atoms with Crippen LogP contribution in [0.25, 0.3) is 4.72 Å². The Morgan fingerprint density at radius 2 is 1.88 bits per heavy atom. The number of halogens is 3. The maximum absolute atomic E-state index is 11.9. The number of carboxylic acid groups (broad SMARTS) is 1. The molecule has 0 aromatic heterocycles. The molecule has 2 atom stereocenters. The molecule has 0 saturated carbocycles.